The first-order chi connectivity index (χ1) is 6.80. The molecular formula is C10H14F2N2O. The van der Waals surface area contributed by atoms with Crippen LogP contribution in [0.3, 0.4) is 0 Å². The van der Waals surface area contributed by atoms with Crippen LogP contribution in [0.25, 0.3) is 0 Å². The Balaban J connectivity index is 2.64. The van der Waals surface area contributed by atoms with Crippen molar-refractivity contribution >= 4 is 5.91 Å². The Kier molecular flexibility index (Phi) is 3.12. The maximum Gasteiger partial charge on any atom is 0.264 e. The van der Waals surface area contributed by atoms with E-state index in [9.17, 15) is 13.6 Å². The lowest BCUT2D eigenvalue weighted by Gasteiger charge is -2.20. The molecule has 0 saturated carbocycles. The van der Waals surface area contributed by atoms with E-state index in [1.54, 1.807) is 30.1 Å². The van der Waals surface area contributed by atoms with Crippen LogP contribution in [0.1, 0.15) is 24.2 Å². The molecule has 84 valence electrons. The van der Waals surface area contributed by atoms with Crippen LogP contribution in [0.4, 0.5) is 8.78 Å². The highest BCUT2D eigenvalue weighted by Gasteiger charge is 2.31. The summed E-state index contributed by atoms with van der Waals surface area (Å²) >= 11 is 0. The largest absolute Gasteiger partial charge is 0.356 e. The standard InChI is InChI=1S/C10H14F2N2O/c1-7(10(2,11)12)13-9(15)8-4-5-14(3)6-8/h4-7H,1-3H3,(H,13,15). The number of aryl methyl sites for hydroxylation is 1. The van der Waals surface area contributed by atoms with Crippen molar-refractivity contribution in [2.45, 2.75) is 25.8 Å². The summed E-state index contributed by atoms with van der Waals surface area (Å²) in [5, 5.41) is 2.25. The Labute approximate surface area is 87.1 Å². The van der Waals surface area contributed by atoms with Crippen LogP contribution < -0.4 is 5.32 Å². The first-order valence-electron chi connectivity index (χ1n) is 4.61. The van der Waals surface area contributed by atoms with Crippen LogP contribution in [0, 0.1) is 0 Å². The molecule has 1 heterocycles. The fourth-order valence-corrected chi connectivity index (χ4v) is 1.04. The van der Waals surface area contributed by atoms with Crippen LogP contribution in [-0.4, -0.2) is 22.4 Å². The smallest absolute Gasteiger partial charge is 0.264 e. The molecule has 0 bridgehead atoms. The molecule has 5 heteroatoms. The molecule has 0 radical (unpaired) electrons. The number of halogens is 2. The second kappa shape index (κ2) is 4.00. The zero-order valence-corrected chi connectivity index (χ0v) is 8.92. The van der Waals surface area contributed by atoms with Gasteiger partial charge in [-0.1, -0.05) is 0 Å². The first-order valence-corrected chi connectivity index (χ1v) is 4.61. The van der Waals surface area contributed by atoms with Gasteiger partial charge in [0.25, 0.3) is 11.8 Å². The van der Waals surface area contributed by atoms with Crippen molar-refractivity contribution in [1.82, 2.24) is 9.88 Å². The molecule has 0 fully saturated rings. The summed E-state index contributed by atoms with van der Waals surface area (Å²) in [6.07, 6.45) is 3.26. The third-order valence-electron chi connectivity index (χ3n) is 2.20. The minimum Gasteiger partial charge on any atom is -0.356 e. The van der Waals surface area contributed by atoms with Gasteiger partial charge in [-0.25, -0.2) is 8.78 Å². The number of rotatable bonds is 3. The SMILES string of the molecule is CC(NC(=O)c1ccn(C)c1)C(C)(F)F. The van der Waals surface area contributed by atoms with Gasteiger partial charge in [0.2, 0.25) is 0 Å². The molecular weight excluding hydrogens is 202 g/mol. The van der Waals surface area contributed by atoms with Crippen molar-refractivity contribution in [2.24, 2.45) is 7.05 Å². The zero-order chi connectivity index (χ0) is 11.6. The molecule has 0 aliphatic carbocycles. The van der Waals surface area contributed by atoms with Gasteiger partial charge in [0.1, 0.15) is 0 Å². The summed E-state index contributed by atoms with van der Waals surface area (Å²) in [7, 11) is 1.76. The second-order valence-electron chi connectivity index (χ2n) is 3.72. The normalized spacial score (nSPS) is 13.7. The van der Waals surface area contributed by atoms with Crippen LogP contribution >= 0.6 is 0 Å². The van der Waals surface area contributed by atoms with Crippen molar-refractivity contribution < 1.29 is 13.6 Å². The quantitative estimate of drug-likeness (QED) is 0.821. The van der Waals surface area contributed by atoms with E-state index in [2.05, 4.69) is 5.32 Å². The number of hydrogen-bond donors (Lipinski definition) is 1. The minimum absolute atomic E-state index is 0.383. The minimum atomic E-state index is -2.91. The molecule has 3 nitrogen and oxygen atoms in total. The third-order valence-corrected chi connectivity index (χ3v) is 2.20. The predicted molar refractivity (Wildman–Crippen MR) is 53.0 cm³/mol. The summed E-state index contributed by atoms with van der Waals surface area (Å²) in [6, 6.07) is 0.403. The monoisotopic (exact) mass is 216 g/mol. The number of nitrogens with one attached hydrogen (secondary N) is 1. The van der Waals surface area contributed by atoms with E-state index in [0.717, 1.165) is 6.92 Å². The van der Waals surface area contributed by atoms with Crippen molar-refractivity contribution in [2.75, 3.05) is 0 Å². The van der Waals surface area contributed by atoms with Gasteiger partial charge in [0, 0.05) is 26.4 Å². The lowest BCUT2D eigenvalue weighted by molar-refractivity contribution is -0.0108. The van der Waals surface area contributed by atoms with Gasteiger partial charge in [-0.3, -0.25) is 4.79 Å². The van der Waals surface area contributed by atoms with E-state index in [4.69, 9.17) is 0 Å². The van der Waals surface area contributed by atoms with Crippen molar-refractivity contribution in [3.05, 3.63) is 24.0 Å². The average Bonchev–Trinajstić information content (AvgIpc) is 2.50. The molecule has 0 saturated heterocycles. The van der Waals surface area contributed by atoms with Crippen LogP contribution in [0.2, 0.25) is 0 Å². The van der Waals surface area contributed by atoms with E-state index in [-0.39, 0.29) is 0 Å². The summed E-state index contributed by atoms with van der Waals surface area (Å²) in [5.74, 6) is -3.39. The average molecular weight is 216 g/mol. The van der Waals surface area contributed by atoms with Gasteiger partial charge in [-0.05, 0) is 13.0 Å². The lowest BCUT2D eigenvalue weighted by Crippen LogP contribution is -2.43. The van der Waals surface area contributed by atoms with E-state index in [1.807, 2.05) is 0 Å². The number of carbonyl (C=O) groups is 1. The fourth-order valence-electron chi connectivity index (χ4n) is 1.04. The molecule has 1 N–H and O–H groups in total. The van der Waals surface area contributed by atoms with Crippen molar-refractivity contribution in [3.8, 4) is 0 Å². The van der Waals surface area contributed by atoms with E-state index in [1.165, 1.54) is 6.92 Å². The number of aromatic nitrogens is 1. The van der Waals surface area contributed by atoms with Gasteiger partial charge in [0.05, 0.1) is 11.6 Å². The number of carbonyl (C=O) groups excluding carboxylic acids is 1. The molecule has 1 atom stereocenters. The Morgan fingerprint density at radius 2 is 2.20 bits per heavy atom. The van der Waals surface area contributed by atoms with Gasteiger partial charge in [-0.15, -0.1) is 0 Å². The maximum absolute atomic E-state index is 12.8. The zero-order valence-electron chi connectivity index (χ0n) is 8.92. The summed E-state index contributed by atoms with van der Waals surface area (Å²) in [5.41, 5.74) is 0.383. The Morgan fingerprint density at radius 1 is 1.60 bits per heavy atom. The van der Waals surface area contributed by atoms with E-state index in [0.29, 0.717) is 5.56 Å². The Morgan fingerprint density at radius 3 is 2.60 bits per heavy atom. The molecule has 0 spiro atoms. The highest BCUT2D eigenvalue weighted by atomic mass is 19.3. The summed E-state index contributed by atoms with van der Waals surface area (Å²) < 4.78 is 27.2. The van der Waals surface area contributed by atoms with Gasteiger partial charge in [0.15, 0.2) is 0 Å². The van der Waals surface area contributed by atoms with E-state index >= 15 is 0 Å². The van der Waals surface area contributed by atoms with Gasteiger partial charge >= 0.3 is 0 Å². The number of amides is 1. The molecule has 15 heavy (non-hydrogen) atoms. The molecule has 0 aliphatic heterocycles. The molecule has 1 amide bonds. The molecule has 1 unspecified atom stereocenters. The summed E-state index contributed by atoms with van der Waals surface area (Å²) in [4.78, 5) is 11.5. The topological polar surface area (TPSA) is 34.0 Å². The van der Waals surface area contributed by atoms with Gasteiger partial charge in [-0.2, -0.15) is 0 Å². The van der Waals surface area contributed by atoms with Crippen LogP contribution in [-0.2, 0) is 7.05 Å². The van der Waals surface area contributed by atoms with Crippen LogP contribution in [0.15, 0.2) is 18.5 Å². The third kappa shape index (κ3) is 3.04. The van der Waals surface area contributed by atoms with Gasteiger partial charge < -0.3 is 9.88 Å². The van der Waals surface area contributed by atoms with Crippen LogP contribution in [0.5, 0.6) is 0 Å². The van der Waals surface area contributed by atoms with Crippen molar-refractivity contribution in [3.63, 3.8) is 0 Å². The fraction of sp³-hybridized carbons (Fsp3) is 0.500. The highest BCUT2D eigenvalue weighted by molar-refractivity contribution is 5.94. The number of nitrogens with zero attached hydrogens (tertiary/aromatic N) is 1. The highest BCUT2D eigenvalue weighted by Crippen LogP contribution is 2.17. The Bertz CT molecular complexity index is 355. The molecule has 1 aromatic rings. The van der Waals surface area contributed by atoms with Crippen molar-refractivity contribution in [1.29, 1.82) is 0 Å². The number of alkyl halides is 2. The molecule has 0 aromatic carbocycles. The molecule has 1 aromatic heterocycles. The maximum atomic E-state index is 12.8. The summed E-state index contributed by atoms with van der Waals surface area (Å²) in [6.45, 7) is 2.06. The molecule has 0 aliphatic rings. The lowest BCUT2D eigenvalue weighted by atomic mass is 10.2. The number of hydrogen-bond acceptors (Lipinski definition) is 1. The van der Waals surface area contributed by atoms with E-state index < -0.39 is 17.9 Å². The second-order valence-corrected chi connectivity index (χ2v) is 3.72. The first kappa shape index (κ1) is 11.7. The Hall–Kier alpha value is -1.39. The predicted octanol–water partition coefficient (Wildman–Crippen LogP) is 1.80. The molecule has 1 rings (SSSR count).